The maximum atomic E-state index is 14.7. The summed E-state index contributed by atoms with van der Waals surface area (Å²) in [6, 6.07) is 12.3. The monoisotopic (exact) mass is 786 g/mol. The Hall–Kier alpha value is -5.06. The number of hydrogen-bond acceptors (Lipinski definition) is 6. The van der Waals surface area contributed by atoms with E-state index in [2.05, 4.69) is 24.3 Å². The van der Waals surface area contributed by atoms with Crippen LogP contribution in [0.1, 0.15) is 128 Å². The van der Waals surface area contributed by atoms with Gasteiger partial charge in [-0.05, 0) is 108 Å². The summed E-state index contributed by atoms with van der Waals surface area (Å²) in [5.74, 6) is -7.36. The molecule has 3 aromatic carbocycles. The van der Waals surface area contributed by atoms with E-state index in [0.717, 1.165) is 95.8 Å². The Labute approximate surface area is 326 Å². The lowest BCUT2D eigenvalue weighted by molar-refractivity contribution is -0.110. The van der Waals surface area contributed by atoms with Crippen molar-refractivity contribution in [2.24, 2.45) is 0 Å². The summed E-state index contributed by atoms with van der Waals surface area (Å²) in [6.45, 7) is 0. The lowest BCUT2D eigenvalue weighted by Crippen LogP contribution is -2.29. The third kappa shape index (κ3) is 4.45. The van der Waals surface area contributed by atoms with Crippen LogP contribution in [0.3, 0.4) is 0 Å². The fourth-order valence-corrected chi connectivity index (χ4v) is 13.3. The van der Waals surface area contributed by atoms with Crippen LogP contribution in [0.25, 0.3) is 44.2 Å². The minimum absolute atomic E-state index is 0.00832. The molecule has 2 fully saturated rings. The number of Topliss-reactive ketones (excluding diaryl/α,β-unsaturated/α-hetero) is 4. The zero-order chi connectivity index (χ0) is 38.4. The topological polar surface area (TPSA) is 68.3 Å². The van der Waals surface area contributed by atoms with Gasteiger partial charge in [0.25, 0.3) is 0 Å². The lowest BCUT2D eigenvalue weighted by atomic mass is 9.66. The predicted molar refractivity (Wildman–Crippen MR) is 208 cm³/mol. The molecular weight excluding hydrogens is 757 g/mol. The maximum absolute atomic E-state index is 14.7. The molecule has 0 saturated heterocycles. The molecule has 278 valence electrons. The SMILES string of the molecule is O=C1C(=O)c2c(F)cc(F)cc2/C1=C/c1cc2c(s1)-c1cc3c(cc1C21CCCCC1)-c1sc(/C=C2\C(=O)C(=O)c4c(F)cc(F)cc42)cc1C31CCCCC1. The summed E-state index contributed by atoms with van der Waals surface area (Å²) in [7, 11) is 0. The second-order valence-corrected chi connectivity index (χ2v) is 18.2. The average Bonchev–Trinajstić information content (AvgIpc) is 3.99. The number of carbonyl (C=O) groups excluding carboxylic acids is 4. The van der Waals surface area contributed by atoms with Crippen molar-refractivity contribution >= 4 is 69.1 Å². The van der Waals surface area contributed by atoms with Crippen molar-refractivity contribution in [3.8, 4) is 20.9 Å². The van der Waals surface area contributed by atoms with Gasteiger partial charge in [0.15, 0.2) is 0 Å². The molecular formula is C46H30F4O4S2. The van der Waals surface area contributed by atoms with Crippen LogP contribution >= 0.6 is 22.7 Å². The highest BCUT2D eigenvalue weighted by molar-refractivity contribution is 7.17. The highest BCUT2D eigenvalue weighted by Gasteiger charge is 2.51. The molecule has 2 heterocycles. The zero-order valence-electron chi connectivity index (χ0n) is 29.8. The summed E-state index contributed by atoms with van der Waals surface area (Å²) in [4.78, 5) is 55.6. The van der Waals surface area contributed by atoms with Crippen LogP contribution in [0.15, 0.2) is 48.5 Å². The number of rotatable bonds is 2. The molecule has 0 amide bonds. The molecule has 0 radical (unpaired) electrons. The summed E-state index contributed by atoms with van der Waals surface area (Å²) < 4.78 is 58.1. The van der Waals surface area contributed by atoms with Crippen molar-refractivity contribution in [3.05, 3.63) is 126 Å². The van der Waals surface area contributed by atoms with Crippen molar-refractivity contribution < 1.29 is 36.7 Å². The van der Waals surface area contributed by atoms with Crippen molar-refractivity contribution in [2.75, 3.05) is 0 Å². The number of halogens is 4. The lowest BCUT2D eigenvalue weighted by Gasteiger charge is -2.37. The largest absolute Gasteiger partial charge is 0.285 e. The first-order valence-electron chi connectivity index (χ1n) is 19.1. The first kappa shape index (κ1) is 34.2. The number of ketones is 4. The quantitative estimate of drug-likeness (QED) is 0.102. The van der Waals surface area contributed by atoms with E-state index in [1.807, 2.05) is 0 Å². The average molecular weight is 787 g/mol. The fourth-order valence-electron chi connectivity index (χ4n) is 10.8. The molecule has 0 N–H and O–H groups in total. The van der Waals surface area contributed by atoms with Gasteiger partial charge in [-0.3, -0.25) is 19.2 Å². The molecule has 56 heavy (non-hydrogen) atoms. The molecule has 11 rings (SSSR count). The molecule has 2 saturated carbocycles. The van der Waals surface area contributed by atoms with Gasteiger partial charge in [0.2, 0.25) is 23.1 Å². The van der Waals surface area contributed by atoms with E-state index < -0.39 is 46.4 Å². The van der Waals surface area contributed by atoms with Crippen LogP contribution in [-0.2, 0) is 20.4 Å². The second kappa shape index (κ2) is 11.7. The minimum Gasteiger partial charge on any atom is -0.285 e. The van der Waals surface area contributed by atoms with Gasteiger partial charge in [-0.15, -0.1) is 22.7 Å². The summed E-state index contributed by atoms with van der Waals surface area (Å²) >= 11 is 3.09. The van der Waals surface area contributed by atoms with Gasteiger partial charge in [0.05, 0.1) is 11.1 Å². The van der Waals surface area contributed by atoms with Gasteiger partial charge >= 0.3 is 0 Å². The van der Waals surface area contributed by atoms with Crippen LogP contribution in [0.2, 0.25) is 0 Å². The molecule has 6 aliphatic carbocycles. The van der Waals surface area contributed by atoms with Gasteiger partial charge in [0, 0.05) is 64.7 Å². The second-order valence-electron chi connectivity index (χ2n) is 16.1. The first-order chi connectivity index (χ1) is 27.0. The molecule has 10 heteroatoms. The van der Waals surface area contributed by atoms with Crippen LogP contribution in [0.5, 0.6) is 0 Å². The predicted octanol–water partition coefficient (Wildman–Crippen LogP) is 11.4. The molecule has 2 aromatic heterocycles. The third-order valence-corrected chi connectivity index (χ3v) is 15.5. The number of thiophene rings is 2. The number of benzene rings is 3. The fraction of sp³-hybridized carbons (Fsp3) is 0.261. The van der Waals surface area contributed by atoms with Crippen molar-refractivity contribution in [2.45, 2.75) is 75.0 Å². The molecule has 0 unspecified atom stereocenters. The summed E-state index contributed by atoms with van der Waals surface area (Å²) in [6.07, 6.45) is 13.4. The van der Waals surface area contributed by atoms with E-state index in [1.165, 1.54) is 33.4 Å². The van der Waals surface area contributed by atoms with Gasteiger partial charge in [-0.1, -0.05) is 38.5 Å². The molecule has 4 nitrogen and oxygen atoms in total. The molecule has 0 bridgehead atoms. The first-order valence-corrected chi connectivity index (χ1v) is 20.7. The van der Waals surface area contributed by atoms with Crippen LogP contribution in [0.4, 0.5) is 17.6 Å². The smallest absolute Gasteiger partial charge is 0.237 e. The Morgan fingerprint density at radius 1 is 0.446 bits per heavy atom. The Morgan fingerprint density at radius 3 is 1.23 bits per heavy atom. The van der Waals surface area contributed by atoms with Gasteiger partial charge < -0.3 is 0 Å². The van der Waals surface area contributed by atoms with E-state index in [0.29, 0.717) is 12.1 Å². The van der Waals surface area contributed by atoms with E-state index in [1.54, 1.807) is 34.8 Å². The molecule has 6 aliphatic rings. The van der Waals surface area contributed by atoms with E-state index in [-0.39, 0.29) is 44.2 Å². The van der Waals surface area contributed by atoms with Crippen molar-refractivity contribution in [3.63, 3.8) is 0 Å². The molecule has 5 aromatic rings. The van der Waals surface area contributed by atoms with E-state index in [4.69, 9.17) is 0 Å². The van der Waals surface area contributed by atoms with Crippen molar-refractivity contribution in [1.82, 2.24) is 0 Å². The number of allylic oxidation sites excluding steroid dienone is 2. The summed E-state index contributed by atoms with van der Waals surface area (Å²) in [5, 5.41) is 0. The molecule has 0 atom stereocenters. The Morgan fingerprint density at radius 2 is 0.839 bits per heavy atom. The Kier molecular flexibility index (Phi) is 7.17. The van der Waals surface area contributed by atoms with Crippen LogP contribution in [-0.4, -0.2) is 23.1 Å². The highest BCUT2D eigenvalue weighted by Crippen LogP contribution is 2.64. The van der Waals surface area contributed by atoms with Gasteiger partial charge in [0.1, 0.15) is 23.3 Å². The minimum atomic E-state index is -1.04. The third-order valence-electron chi connectivity index (χ3n) is 13.2. The van der Waals surface area contributed by atoms with E-state index >= 15 is 0 Å². The molecule has 2 spiro atoms. The maximum Gasteiger partial charge on any atom is 0.237 e. The van der Waals surface area contributed by atoms with Crippen molar-refractivity contribution in [1.29, 1.82) is 0 Å². The normalized spacial score (nSPS) is 21.0. The van der Waals surface area contributed by atoms with E-state index in [9.17, 15) is 36.7 Å². The van der Waals surface area contributed by atoms with Gasteiger partial charge in [-0.2, -0.15) is 0 Å². The number of carbonyl (C=O) groups is 4. The zero-order valence-corrected chi connectivity index (χ0v) is 31.4. The Balaban J connectivity index is 1.07. The standard InChI is InChI=1S/C46H30F4O4S2/c47-21-11-25-27(39(51)41(53)37(25)35(49)13-21)15-23-17-33-43(55-23)29-20-32-30(19-31(29)45(33)7-3-1-4-8-45)44-34(46(32)9-5-2-6-10-46)18-24(56-44)16-28-26-12-22(48)14-36(50)38(26)42(54)40(28)52/h11-20H,1-10H2/b27-15-,28-16-. The number of hydrogen-bond donors (Lipinski definition) is 0. The molecule has 0 aliphatic heterocycles. The van der Waals surface area contributed by atoms with Gasteiger partial charge in [-0.25, -0.2) is 17.6 Å². The summed E-state index contributed by atoms with van der Waals surface area (Å²) in [5.41, 5.74) is 5.94. The number of fused-ring (bicyclic) bond motifs is 12. The Bertz CT molecular complexity index is 2600. The van der Waals surface area contributed by atoms with Crippen LogP contribution < -0.4 is 0 Å². The highest BCUT2D eigenvalue weighted by atomic mass is 32.1. The van der Waals surface area contributed by atoms with Crippen LogP contribution in [0, 0.1) is 23.3 Å².